The van der Waals surface area contributed by atoms with E-state index in [2.05, 4.69) is 15.6 Å². The van der Waals surface area contributed by atoms with E-state index in [9.17, 15) is 4.79 Å². The first kappa shape index (κ1) is 19.2. The summed E-state index contributed by atoms with van der Waals surface area (Å²) in [5, 5.41) is 11.3. The van der Waals surface area contributed by atoms with E-state index in [1.54, 1.807) is 35.3 Å². The van der Waals surface area contributed by atoms with Crippen LogP contribution in [0.4, 0.5) is 5.88 Å². The highest BCUT2D eigenvalue weighted by Gasteiger charge is 2.36. The van der Waals surface area contributed by atoms with Gasteiger partial charge in [0.15, 0.2) is 0 Å². The van der Waals surface area contributed by atoms with E-state index >= 15 is 0 Å². The lowest BCUT2D eigenvalue weighted by Crippen LogP contribution is -2.68. The van der Waals surface area contributed by atoms with Crippen molar-refractivity contribution in [3.63, 3.8) is 0 Å². The van der Waals surface area contributed by atoms with E-state index in [1.165, 1.54) is 64.2 Å². The van der Waals surface area contributed by atoms with Gasteiger partial charge in [-0.25, -0.2) is 0 Å². The van der Waals surface area contributed by atoms with Crippen molar-refractivity contribution in [2.75, 3.05) is 5.01 Å². The number of carbonyl (C=O) groups is 1. The topological polar surface area (TPSA) is 64.3 Å². The largest absolute Gasteiger partial charge is 0.584 e. The van der Waals surface area contributed by atoms with E-state index < -0.39 is 0 Å². The minimum Gasteiger partial charge on any atom is -0.584 e. The number of amides is 1. The quantitative estimate of drug-likeness (QED) is 0.655. The van der Waals surface area contributed by atoms with Crippen LogP contribution in [0.15, 0.2) is 35.0 Å². The number of rotatable bonds is 5. The fourth-order valence-electron chi connectivity index (χ4n) is 4.47. The Bertz CT molecular complexity index is 762. The summed E-state index contributed by atoms with van der Waals surface area (Å²) in [6.07, 6.45) is 14.2. The molecule has 2 aliphatic carbocycles. The monoisotopic (exact) mass is 402 g/mol. The zero-order chi connectivity index (χ0) is 19.3. The van der Waals surface area contributed by atoms with Crippen molar-refractivity contribution in [2.45, 2.75) is 76.3 Å². The average Bonchev–Trinajstić information content (AvgIpc) is 3.18. The van der Waals surface area contributed by atoms with Gasteiger partial charge in [-0.05, 0) is 43.4 Å². The van der Waals surface area contributed by atoms with Crippen LogP contribution in [-0.4, -0.2) is 23.3 Å². The van der Waals surface area contributed by atoms with Gasteiger partial charge in [-0.15, -0.1) is 5.01 Å². The van der Waals surface area contributed by atoms with Crippen LogP contribution < -0.4 is 9.80 Å². The molecule has 0 unspecified atom stereocenters. The van der Waals surface area contributed by atoms with Crippen molar-refractivity contribution in [3.8, 4) is 0 Å². The molecule has 28 heavy (non-hydrogen) atoms. The molecule has 1 heterocycles. The van der Waals surface area contributed by atoms with Gasteiger partial charge in [-0.2, -0.15) is 0 Å². The lowest BCUT2D eigenvalue weighted by Gasteiger charge is -2.35. The van der Waals surface area contributed by atoms with E-state index in [0.29, 0.717) is 22.7 Å². The van der Waals surface area contributed by atoms with E-state index in [0.717, 1.165) is 0 Å². The van der Waals surface area contributed by atoms with Crippen LogP contribution in [0.5, 0.6) is 0 Å². The molecular formula is C21H27ClN4O2. The van der Waals surface area contributed by atoms with Gasteiger partial charge in [0, 0.05) is 5.02 Å². The van der Waals surface area contributed by atoms with Crippen molar-refractivity contribution in [3.05, 3.63) is 46.4 Å². The summed E-state index contributed by atoms with van der Waals surface area (Å²) in [7, 11) is 0. The van der Waals surface area contributed by atoms with Gasteiger partial charge in [0.1, 0.15) is 5.88 Å². The van der Waals surface area contributed by atoms with Crippen LogP contribution in [0, 0.1) is 0 Å². The summed E-state index contributed by atoms with van der Waals surface area (Å²) in [5.41, 5.74) is 0.476. The molecule has 1 aromatic heterocycles. The van der Waals surface area contributed by atoms with Crippen LogP contribution in [0.1, 0.15) is 74.6 Å². The Labute approximate surface area is 170 Å². The molecule has 2 aliphatic rings. The van der Waals surface area contributed by atoms with Gasteiger partial charge in [0.25, 0.3) is 6.20 Å². The zero-order valence-electron chi connectivity index (χ0n) is 16.1. The van der Waals surface area contributed by atoms with Gasteiger partial charge < -0.3 is 14.6 Å². The average molecular weight is 403 g/mol. The Morgan fingerprint density at radius 2 is 1.57 bits per heavy atom. The van der Waals surface area contributed by atoms with Crippen LogP contribution in [0.3, 0.4) is 0 Å². The third-order valence-electron chi connectivity index (χ3n) is 5.88. The molecule has 150 valence electrons. The van der Waals surface area contributed by atoms with E-state index in [4.69, 9.17) is 16.1 Å². The van der Waals surface area contributed by atoms with Crippen LogP contribution in [-0.2, 0) is 0 Å². The molecular weight excluding hydrogens is 376 g/mol. The molecule has 1 aromatic carbocycles. The summed E-state index contributed by atoms with van der Waals surface area (Å²) in [6, 6.07) is 7.64. The number of aromatic nitrogens is 2. The number of carbonyl (C=O) groups excluding carboxylic acids is 1. The third-order valence-corrected chi connectivity index (χ3v) is 6.13. The highest BCUT2D eigenvalue weighted by atomic mass is 35.5. The number of nitrogens with zero attached hydrogens (tertiary/aromatic N) is 4. The van der Waals surface area contributed by atoms with Crippen molar-refractivity contribution < 1.29 is 14.1 Å². The SMILES string of the molecule is O=C([N-]c1c[n+](N(C2CCCCC2)C2CCCCC2)no1)c1ccc(Cl)cc1. The van der Waals surface area contributed by atoms with Crippen LogP contribution in [0.25, 0.3) is 5.32 Å². The second-order valence-electron chi connectivity index (χ2n) is 7.85. The zero-order valence-corrected chi connectivity index (χ0v) is 16.9. The Kier molecular flexibility index (Phi) is 6.15. The second kappa shape index (κ2) is 8.95. The maximum absolute atomic E-state index is 12.4. The molecule has 0 spiro atoms. The first-order chi connectivity index (χ1) is 13.7. The molecule has 0 aliphatic heterocycles. The van der Waals surface area contributed by atoms with E-state index in [1.807, 2.05) is 0 Å². The molecule has 2 fully saturated rings. The molecule has 1 amide bonds. The minimum absolute atomic E-state index is 0.233. The minimum atomic E-state index is -0.359. The lowest BCUT2D eigenvalue weighted by molar-refractivity contribution is -0.766. The molecule has 4 rings (SSSR count). The Hall–Kier alpha value is -2.08. The number of hydrogen-bond donors (Lipinski definition) is 0. The normalized spacial score (nSPS) is 18.8. The van der Waals surface area contributed by atoms with Crippen molar-refractivity contribution in [1.29, 1.82) is 0 Å². The fraction of sp³-hybridized carbons (Fsp3) is 0.571. The summed E-state index contributed by atoms with van der Waals surface area (Å²) >= 11 is 5.88. The maximum Gasteiger partial charge on any atom is 0.257 e. The standard InChI is InChI=1S/C21H27ClN4O2/c22-17-13-11-16(12-14-17)21(27)23-20-15-25(24-28-20)26(18-7-3-1-4-8-18)19-9-5-2-6-10-19/h11-15,18-19H,1-10H2. The molecule has 6 nitrogen and oxygen atoms in total. The highest BCUT2D eigenvalue weighted by Crippen LogP contribution is 2.28. The lowest BCUT2D eigenvalue weighted by atomic mass is 9.90. The van der Waals surface area contributed by atoms with Crippen LogP contribution >= 0.6 is 11.6 Å². The summed E-state index contributed by atoms with van der Waals surface area (Å²) in [5.74, 6) is -0.126. The number of halogens is 1. The molecule has 2 aromatic rings. The van der Waals surface area contributed by atoms with Crippen molar-refractivity contribution in [2.24, 2.45) is 0 Å². The predicted octanol–water partition coefficient (Wildman–Crippen LogP) is 5.06. The molecule has 7 heteroatoms. The Morgan fingerprint density at radius 3 is 2.14 bits per heavy atom. The highest BCUT2D eigenvalue weighted by molar-refractivity contribution is 6.30. The maximum atomic E-state index is 12.4. The van der Waals surface area contributed by atoms with E-state index in [-0.39, 0.29) is 11.8 Å². The first-order valence-corrected chi connectivity index (χ1v) is 10.8. The number of hydrogen-bond acceptors (Lipinski definition) is 4. The third kappa shape index (κ3) is 4.49. The van der Waals surface area contributed by atoms with Gasteiger partial charge in [-0.1, -0.05) is 62.3 Å². The Balaban J connectivity index is 1.50. The molecule has 0 radical (unpaired) electrons. The Morgan fingerprint density at radius 1 is 1.00 bits per heavy atom. The van der Waals surface area contributed by atoms with Gasteiger partial charge in [0.2, 0.25) is 5.27 Å². The van der Waals surface area contributed by atoms with Crippen LogP contribution in [0.2, 0.25) is 5.02 Å². The molecule has 2 saturated carbocycles. The smallest absolute Gasteiger partial charge is 0.257 e. The second-order valence-corrected chi connectivity index (χ2v) is 8.28. The molecule has 0 saturated heterocycles. The molecule has 0 atom stereocenters. The van der Waals surface area contributed by atoms with Crippen molar-refractivity contribution >= 4 is 23.4 Å². The molecule has 0 N–H and O–H groups in total. The summed E-state index contributed by atoms with van der Waals surface area (Å²) < 4.78 is 5.40. The van der Waals surface area contributed by atoms with Gasteiger partial charge in [-0.3, -0.25) is 0 Å². The summed E-state index contributed by atoms with van der Waals surface area (Å²) in [6.45, 7) is 0. The number of benzene rings is 1. The van der Waals surface area contributed by atoms with Crippen molar-refractivity contribution in [1.82, 2.24) is 5.27 Å². The predicted molar refractivity (Wildman–Crippen MR) is 107 cm³/mol. The fourth-order valence-corrected chi connectivity index (χ4v) is 4.59. The molecule has 0 bridgehead atoms. The summed E-state index contributed by atoms with van der Waals surface area (Å²) in [4.78, 5) is 14.2. The van der Waals surface area contributed by atoms with Gasteiger partial charge in [0.05, 0.1) is 22.8 Å². The first-order valence-electron chi connectivity index (χ1n) is 10.4. The van der Waals surface area contributed by atoms with Gasteiger partial charge >= 0.3 is 0 Å².